The quantitative estimate of drug-likeness (QED) is 0.779. The van der Waals surface area contributed by atoms with Gasteiger partial charge >= 0.3 is 0 Å². The standard InChI is InChI=1S/C17H17FN4O/c1-3-14(19-2)17-21-16(22-23-17)15-8-7-12(10-20-15)11-5-4-6-13(18)9-11/h4-10,14,19H,3H2,1-2H3. The van der Waals surface area contributed by atoms with Crippen molar-refractivity contribution in [1.82, 2.24) is 20.4 Å². The summed E-state index contributed by atoms with van der Waals surface area (Å²) in [5.41, 5.74) is 2.23. The van der Waals surface area contributed by atoms with Crippen molar-refractivity contribution < 1.29 is 8.91 Å². The zero-order valence-electron chi connectivity index (χ0n) is 13.0. The van der Waals surface area contributed by atoms with Crippen LogP contribution in [0.2, 0.25) is 0 Å². The van der Waals surface area contributed by atoms with E-state index in [0.717, 1.165) is 17.5 Å². The highest BCUT2D eigenvalue weighted by atomic mass is 19.1. The second kappa shape index (κ2) is 6.66. The van der Waals surface area contributed by atoms with Crippen LogP contribution in [0.1, 0.15) is 25.3 Å². The molecule has 1 N–H and O–H groups in total. The molecule has 2 aromatic heterocycles. The van der Waals surface area contributed by atoms with Crippen molar-refractivity contribution in [2.24, 2.45) is 0 Å². The van der Waals surface area contributed by atoms with Crippen LogP contribution >= 0.6 is 0 Å². The number of rotatable bonds is 5. The normalized spacial score (nSPS) is 12.3. The number of pyridine rings is 1. The lowest BCUT2D eigenvalue weighted by Crippen LogP contribution is -2.15. The fraction of sp³-hybridized carbons (Fsp3) is 0.235. The lowest BCUT2D eigenvalue weighted by molar-refractivity contribution is 0.334. The Morgan fingerprint density at radius 1 is 1.22 bits per heavy atom. The predicted octanol–water partition coefficient (Wildman–Crippen LogP) is 3.61. The second-order valence-corrected chi connectivity index (χ2v) is 5.15. The number of nitrogens with one attached hydrogen (secondary N) is 1. The van der Waals surface area contributed by atoms with Crippen LogP contribution < -0.4 is 5.32 Å². The van der Waals surface area contributed by atoms with Crippen molar-refractivity contribution in [2.45, 2.75) is 19.4 Å². The van der Waals surface area contributed by atoms with Gasteiger partial charge < -0.3 is 9.84 Å². The Hall–Kier alpha value is -2.60. The van der Waals surface area contributed by atoms with E-state index in [2.05, 4.69) is 20.4 Å². The molecular formula is C17H17FN4O. The monoisotopic (exact) mass is 312 g/mol. The molecule has 0 saturated carbocycles. The molecule has 2 heterocycles. The van der Waals surface area contributed by atoms with Gasteiger partial charge in [0.2, 0.25) is 11.7 Å². The molecule has 0 amide bonds. The third-order valence-electron chi connectivity index (χ3n) is 3.65. The molecule has 5 nitrogen and oxygen atoms in total. The Kier molecular flexibility index (Phi) is 4.43. The van der Waals surface area contributed by atoms with E-state index in [1.54, 1.807) is 18.3 Å². The van der Waals surface area contributed by atoms with Crippen molar-refractivity contribution in [1.29, 1.82) is 0 Å². The van der Waals surface area contributed by atoms with Crippen molar-refractivity contribution in [3.8, 4) is 22.6 Å². The lowest BCUT2D eigenvalue weighted by atomic mass is 10.1. The van der Waals surface area contributed by atoms with E-state index in [9.17, 15) is 4.39 Å². The van der Waals surface area contributed by atoms with Gasteiger partial charge in [0.1, 0.15) is 11.5 Å². The minimum Gasteiger partial charge on any atom is -0.337 e. The van der Waals surface area contributed by atoms with E-state index in [4.69, 9.17) is 4.52 Å². The highest BCUT2D eigenvalue weighted by molar-refractivity contribution is 5.64. The first-order chi connectivity index (χ1) is 11.2. The van der Waals surface area contributed by atoms with E-state index in [-0.39, 0.29) is 11.9 Å². The maximum absolute atomic E-state index is 13.3. The molecule has 0 aliphatic rings. The first kappa shape index (κ1) is 15.3. The van der Waals surface area contributed by atoms with Crippen molar-refractivity contribution in [3.63, 3.8) is 0 Å². The zero-order chi connectivity index (χ0) is 16.2. The number of halogens is 1. The summed E-state index contributed by atoms with van der Waals surface area (Å²) >= 11 is 0. The molecule has 0 aliphatic heterocycles. The van der Waals surface area contributed by atoms with Crippen LogP contribution in [0.4, 0.5) is 4.39 Å². The number of aromatic nitrogens is 3. The van der Waals surface area contributed by atoms with Crippen LogP contribution in [0.5, 0.6) is 0 Å². The summed E-state index contributed by atoms with van der Waals surface area (Å²) in [6.45, 7) is 2.04. The predicted molar refractivity (Wildman–Crippen MR) is 85.0 cm³/mol. The summed E-state index contributed by atoms with van der Waals surface area (Å²) in [5, 5.41) is 7.09. The molecule has 0 aliphatic carbocycles. The minimum atomic E-state index is -0.271. The molecule has 3 rings (SSSR count). The maximum atomic E-state index is 13.3. The highest BCUT2D eigenvalue weighted by Gasteiger charge is 2.16. The molecule has 23 heavy (non-hydrogen) atoms. The van der Waals surface area contributed by atoms with Crippen molar-refractivity contribution >= 4 is 0 Å². The Morgan fingerprint density at radius 2 is 2.09 bits per heavy atom. The van der Waals surface area contributed by atoms with Gasteiger partial charge in [0.05, 0.1) is 6.04 Å². The molecule has 0 bridgehead atoms. The van der Waals surface area contributed by atoms with Gasteiger partial charge in [0.15, 0.2) is 0 Å². The Bertz CT molecular complexity index is 781. The van der Waals surface area contributed by atoms with Crippen molar-refractivity contribution in [3.05, 3.63) is 54.3 Å². The lowest BCUT2D eigenvalue weighted by Gasteiger charge is -2.06. The Balaban J connectivity index is 1.85. The molecule has 3 aromatic rings. The SMILES string of the molecule is CCC(NC)c1nc(-c2ccc(-c3cccc(F)c3)cn2)no1. The molecule has 0 radical (unpaired) electrons. The topological polar surface area (TPSA) is 63.8 Å². The number of hydrogen-bond acceptors (Lipinski definition) is 5. The molecule has 1 unspecified atom stereocenters. The smallest absolute Gasteiger partial charge is 0.244 e. The van der Waals surface area contributed by atoms with Crippen LogP contribution in [-0.4, -0.2) is 22.2 Å². The fourth-order valence-electron chi connectivity index (χ4n) is 2.35. The second-order valence-electron chi connectivity index (χ2n) is 5.15. The third-order valence-corrected chi connectivity index (χ3v) is 3.65. The van der Waals surface area contributed by atoms with Gasteiger partial charge in [-0.3, -0.25) is 4.98 Å². The Labute approximate surface area is 133 Å². The van der Waals surface area contributed by atoms with E-state index in [0.29, 0.717) is 17.4 Å². The molecule has 1 aromatic carbocycles. The van der Waals surface area contributed by atoms with Crippen LogP contribution in [-0.2, 0) is 0 Å². The van der Waals surface area contributed by atoms with Gasteiger partial charge in [-0.25, -0.2) is 4.39 Å². The van der Waals surface area contributed by atoms with E-state index in [1.807, 2.05) is 26.1 Å². The molecule has 0 spiro atoms. The number of hydrogen-bond donors (Lipinski definition) is 1. The molecule has 1 atom stereocenters. The molecule has 118 valence electrons. The fourth-order valence-corrected chi connectivity index (χ4v) is 2.35. The number of nitrogens with zero attached hydrogens (tertiary/aromatic N) is 3. The van der Waals surface area contributed by atoms with Crippen LogP contribution in [0, 0.1) is 5.82 Å². The average Bonchev–Trinajstić information content (AvgIpc) is 3.06. The highest BCUT2D eigenvalue weighted by Crippen LogP contribution is 2.23. The molecule has 6 heteroatoms. The van der Waals surface area contributed by atoms with Gasteiger partial charge in [-0.1, -0.05) is 30.3 Å². The first-order valence-corrected chi connectivity index (χ1v) is 7.44. The van der Waals surface area contributed by atoms with Gasteiger partial charge in [0.25, 0.3) is 0 Å². The van der Waals surface area contributed by atoms with Gasteiger partial charge in [-0.15, -0.1) is 0 Å². The van der Waals surface area contributed by atoms with Gasteiger partial charge in [-0.2, -0.15) is 4.98 Å². The summed E-state index contributed by atoms with van der Waals surface area (Å²) in [4.78, 5) is 8.73. The largest absolute Gasteiger partial charge is 0.337 e. The van der Waals surface area contributed by atoms with Gasteiger partial charge in [-0.05, 0) is 37.2 Å². The van der Waals surface area contributed by atoms with E-state index < -0.39 is 0 Å². The van der Waals surface area contributed by atoms with Crippen LogP contribution in [0.15, 0.2) is 47.1 Å². The van der Waals surface area contributed by atoms with Gasteiger partial charge in [0, 0.05) is 11.8 Å². The summed E-state index contributed by atoms with van der Waals surface area (Å²) in [5.74, 6) is 0.715. The molecule has 0 fully saturated rings. The van der Waals surface area contributed by atoms with Crippen molar-refractivity contribution in [2.75, 3.05) is 7.05 Å². The first-order valence-electron chi connectivity index (χ1n) is 7.44. The Morgan fingerprint density at radius 3 is 2.74 bits per heavy atom. The zero-order valence-corrected chi connectivity index (χ0v) is 13.0. The molecular weight excluding hydrogens is 295 g/mol. The maximum Gasteiger partial charge on any atom is 0.244 e. The molecule has 0 saturated heterocycles. The minimum absolute atomic E-state index is 0.0304. The van der Waals surface area contributed by atoms with Crippen LogP contribution in [0.25, 0.3) is 22.6 Å². The third kappa shape index (κ3) is 3.27. The van der Waals surface area contributed by atoms with E-state index in [1.165, 1.54) is 12.1 Å². The summed E-state index contributed by atoms with van der Waals surface area (Å²) in [6, 6.07) is 10.1. The van der Waals surface area contributed by atoms with Crippen LogP contribution in [0.3, 0.4) is 0 Å². The average molecular weight is 312 g/mol. The summed E-state index contributed by atoms with van der Waals surface area (Å²) in [7, 11) is 1.85. The number of benzene rings is 1. The summed E-state index contributed by atoms with van der Waals surface area (Å²) in [6.07, 6.45) is 2.53. The summed E-state index contributed by atoms with van der Waals surface area (Å²) < 4.78 is 18.6. The van der Waals surface area contributed by atoms with E-state index >= 15 is 0 Å².